The summed E-state index contributed by atoms with van der Waals surface area (Å²) < 4.78 is 15.6. The van der Waals surface area contributed by atoms with Gasteiger partial charge in [-0.1, -0.05) is 6.07 Å². The summed E-state index contributed by atoms with van der Waals surface area (Å²) in [6, 6.07) is 12.4. The van der Waals surface area contributed by atoms with Crippen LogP contribution in [0.4, 0.5) is 5.69 Å². The molecule has 0 aliphatic heterocycles. The average molecular weight is 357 g/mol. The number of aryl methyl sites for hydroxylation is 2. The van der Waals surface area contributed by atoms with E-state index in [1.807, 2.05) is 26.0 Å². The number of esters is 1. The average Bonchev–Trinajstić information content (AvgIpc) is 2.63. The number of carbonyl (C=O) groups is 2. The predicted octanol–water partition coefficient (Wildman–Crippen LogP) is 3.26. The fourth-order valence-electron chi connectivity index (χ4n) is 2.18. The van der Waals surface area contributed by atoms with E-state index < -0.39 is 18.0 Å². The molecule has 1 N–H and O–H groups in total. The molecule has 1 atom stereocenters. The van der Waals surface area contributed by atoms with E-state index >= 15 is 0 Å². The molecular weight excluding hydrogens is 334 g/mol. The maximum atomic E-state index is 12.0. The van der Waals surface area contributed by atoms with Crippen molar-refractivity contribution in [2.45, 2.75) is 26.9 Å². The molecule has 0 heterocycles. The summed E-state index contributed by atoms with van der Waals surface area (Å²) in [6.07, 6.45) is -0.835. The Morgan fingerprint density at radius 3 is 2.27 bits per heavy atom. The van der Waals surface area contributed by atoms with Crippen LogP contribution in [0.3, 0.4) is 0 Å². The van der Waals surface area contributed by atoms with E-state index in [1.54, 1.807) is 44.4 Å². The Hall–Kier alpha value is -3.02. The van der Waals surface area contributed by atoms with Gasteiger partial charge in [0.1, 0.15) is 11.5 Å². The van der Waals surface area contributed by atoms with E-state index in [0.717, 1.165) is 11.1 Å². The van der Waals surface area contributed by atoms with Crippen LogP contribution in [0.15, 0.2) is 42.5 Å². The highest BCUT2D eigenvalue weighted by atomic mass is 16.6. The maximum Gasteiger partial charge on any atom is 0.347 e. The van der Waals surface area contributed by atoms with E-state index in [-0.39, 0.29) is 6.61 Å². The summed E-state index contributed by atoms with van der Waals surface area (Å²) in [6.45, 7) is 5.14. The van der Waals surface area contributed by atoms with Gasteiger partial charge in [0.05, 0.1) is 7.11 Å². The number of rotatable bonds is 7. The monoisotopic (exact) mass is 357 g/mol. The lowest BCUT2D eigenvalue weighted by Crippen LogP contribution is -2.29. The number of carbonyl (C=O) groups excluding carboxylic acids is 2. The SMILES string of the molecule is COc1ccc(OC(C)C(=O)OCC(=O)Nc2ccc(C)c(C)c2)cc1. The van der Waals surface area contributed by atoms with Crippen molar-refractivity contribution in [3.63, 3.8) is 0 Å². The Labute approximate surface area is 153 Å². The lowest BCUT2D eigenvalue weighted by Gasteiger charge is -2.14. The molecule has 0 radical (unpaired) electrons. The van der Waals surface area contributed by atoms with Crippen LogP contribution in [0.5, 0.6) is 11.5 Å². The Morgan fingerprint density at radius 1 is 1.00 bits per heavy atom. The highest BCUT2D eigenvalue weighted by Gasteiger charge is 2.18. The molecule has 0 bridgehead atoms. The van der Waals surface area contributed by atoms with Crippen molar-refractivity contribution < 1.29 is 23.8 Å². The van der Waals surface area contributed by atoms with Crippen LogP contribution in [0.25, 0.3) is 0 Å². The molecule has 138 valence electrons. The Morgan fingerprint density at radius 2 is 1.65 bits per heavy atom. The molecule has 2 aromatic rings. The van der Waals surface area contributed by atoms with E-state index in [2.05, 4.69) is 5.32 Å². The van der Waals surface area contributed by atoms with Gasteiger partial charge >= 0.3 is 5.97 Å². The topological polar surface area (TPSA) is 73.9 Å². The lowest BCUT2D eigenvalue weighted by molar-refractivity contribution is -0.153. The third kappa shape index (κ3) is 5.51. The van der Waals surface area contributed by atoms with Gasteiger partial charge in [0.15, 0.2) is 12.7 Å². The first-order chi connectivity index (χ1) is 12.4. The minimum atomic E-state index is -0.835. The number of hydrogen-bond acceptors (Lipinski definition) is 5. The van der Waals surface area contributed by atoms with Crippen molar-refractivity contribution in [3.8, 4) is 11.5 Å². The van der Waals surface area contributed by atoms with Crippen LogP contribution in [0.1, 0.15) is 18.1 Å². The second-order valence-corrected chi connectivity index (χ2v) is 5.89. The van der Waals surface area contributed by atoms with Gasteiger partial charge in [-0.25, -0.2) is 4.79 Å². The molecule has 2 aromatic carbocycles. The van der Waals surface area contributed by atoms with Gasteiger partial charge in [0, 0.05) is 5.69 Å². The van der Waals surface area contributed by atoms with Gasteiger partial charge in [0.2, 0.25) is 0 Å². The largest absolute Gasteiger partial charge is 0.497 e. The van der Waals surface area contributed by atoms with Gasteiger partial charge in [-0.2, -0.15) is 0 Å². The fourth-order valence-corrected chi connectivity index (χ4v) is 2.18. The number of hydrogen-bond donors (Lipinski definition) is 1. The Balaban J connectivity index is 1.80. The first-order valence-corrected chi connectivity index (χ1v) is 8.23. The molecule has 1 unspecified atom stereocenters. The van der Waals surface area contributed by atoms with Crippen LogP contribution in [-0.4, -0.2) is 31.7 Å². The van der Waals surface area contributed by atoms with Crippen LogP contribution < -0.4 is 14.8 Å². The number of ether oxygens (including phenoxy) is 3. The normalized spacial score (nSPS) is 11.4. The van der Waals surface area contributed by atoms with E-state index in [1.165, 1.54) is 0 Å². The fraction of sp³-hybridized carbons (Fsp3) is 0.300. The standard InChI is InChI=1S/C20H23NO5/c1-13-5-6-16(11-14(13)2)21-19(22)12-25-20(23)15(3)26-18-9-7-17(24-4)8-10-18/h5-11,15H,12H2,1-4H3,(H,21,22). The molecule has 0 aliphatic rings. The molecular formula is C20H23NO5. The van der Waals surface area contributed by atoms with Crippen molar-refractivity contribution in [2.24, 2.45) is 0 Å². The Bertz CT molecular complexity index is 770. The third-order valence-corrected chi connectivity index (χ3v) is 3.84. The van der Waals surface area contributed by atoms with E-state index in [0.29, 0.717) is 17.2 Å². The highest BCUT2D eigenvalue weighted by Crippen LogP contribution is 2.18. The lowest BCUT2D eigenvalue weighted by atomic mass is 10.1. The molecule has 0 spiro atoms. The predicted molar refractivity (Wildman–Crippen MR) is 98.6 cm³/mol. The quantitative estimate of drug-likeness (QED) is 0.770. The summed E-state index contributed by atoms with van der Waals surface area (Å²) in [5.74, 6) is 0.180. The van der Waals surface area contributed by atoms with Gasteiger partial charge in [-0.05, 0) is 68.3 Å². The van der Waals surface area contributed by atoms with Crippen LogP contribution in [0, 0.1) is 13.8 Å². The third-order valence-electron chi connectivity index (χ3n) is 3.84. The van der Waals surface area contributed by atoms with Crippen molar-refractivity contribution >= 4 is 17.6 Å². The molecule has 2 rings (SSSR count). The zero-order valence-electron chi connectivity index (χ0n) is 15.4. The first-order valence-electron chi connectivity index (χ1n) is 8.23. The second-order valence-electron chi connectivity index (χ2n) is 5.89. The van der Waals surface area contributed by atoms with Crippen LogP contribution >= 0.6 is 0 Å². The minimum Gasteiger partial charge on any atom is -0.497 e. The number of nitrogens with one attached hydrogen (secondary N) is 1. The van der Waals surface area contributed by atoms with Gasteiger partial charge < -0.3 is 19.5 Å². The van der Waals surface area contributed by atoms with Gasteiger partial charge in [0.25, 0.3) is 5.91 Å². The van der Waals surface area contributed by atoms with Gasteiger partial charge in [-0.15, -0.1) is 0 Å². The summed E-state index contributed by atoms with van der Waals surface area (Å²) in [4.78, 5) is 23.9. The van der Waals surface area contributed by atoms with Crippen molar-refractivity contribution in [3.05, 3.63) is 53.6 Å². The molecule has 0 saturated heterocycles. The van der Waals surface area contributed by atoms with E-state index in [4.69, 9.17) is 14.2 Å². The zero-order chi connectivity index (χ0) is 19.1. The molecule has 0 aromatic heterocycles. The number of amides is 1. The van der Waals surface area contributed by atoms with Crippen LogP contribution in [0.2, 0.25) is 0 Å². The molecule has 1 amide bonds. The number of anilines is 1. The molecule has 6 heteroatoms. The molecule has 0 aliphatic carbocycles. The minimum absolute atomic E-state index is 0.373. The highest BCUT2D eigenvalue weighted by molar-refractivity contribution is 5.93. The smallest absolute Gasteiger partial charge is 0.347 e. The van der Waals surface area contributed by atoms with Gasteiger partial charge in [-0.3, -0.25) is 4.79 Å². The number of benzene rings is 2. The summed E-state index contributed by atoms with van der Waals surface area (Å²) in [5, 5.41) is 2.70. The summed E-state index contributed by atoms with van der Waals surface area (Å²) in [7, 11) is 1.57. The van der Waals surface area contributed by atoms with E-state index in [9.17, 15) is 9.59 Å². The maximum absolute atomic E-state index is 12.0. The van der Waals surface area contributed by atoms with Crippen molar-refractivity contribution in [2.75, 3.05) is 19.0 Å². The summed E-state index contributed by atoms with van der Waals surface area (Å²) >= 11 is 0. The molecule has 0 saturated carbocycles. The first kappa shape index (κ1) is 19.3. The summed E-state index contributed by atoms with van der Waals surface area (Å²) in [5.41, 5.74) is 2.87. The number of methoxy groups -OCH3 is 1. The molecule has 26 heavy (non-hydrogen) atoms. The van der Waals surface area contributed by atoms with Crippen molar-refractivity contribution in [1.82, 2.24) is 0 Å². The van der Waals surface area contributed by atoms with Crippen molar-refractivity contribution in [1.29, 1.82) is 0 Å². The molecule has 0 fully saturated rings. The zero-order valence-corrected chi connectivity index (χ0v) is 15.4. The second kappa shape index (κ2) is 8.89. The molecule has 6 nitrogen and oxygen atoms in total. The Kier molecular flexibility index (Phi) is 6.60. The van der Waals surface area contributed by atoms with Crippen LogP contribution in [-0.2, 0) is 14.3 Å².